The van der Waals surface area contributed by atoms with Crippen LogP contribution in [0, 0.1) is 0 Å². The van der Waals surface area contributed by atoms with Gasteiger partial charge in [-0.2, -0.15) is 5.10 Å². The number of aromatic amines is 1. The second-order valence-corrected chi connectivity index (χ2v) is 3.18. The maximum atomic E-state index is 11.2. The molecule has 0 unspecified atom stereocenters. The van der Waals surface area contributed by atoms with Crippen molar-refractivity contribution in [1.82, 2.24) is 10.2 Å². The quantitative estimate of drug-likeness (QED) is 0.750. The van der Waals surface area contributed by atoms with Crippen molar-refractivity contribution >= 4 is 5.97 Å². The van der Waals surface area contributed by atoms with Crippen LogP contribution in [0.3, 0.4) is 0 Å². The molecule has 5 nitrogen and oxygen atoms in total. The van der Waals surface area contributed by atoms with Gasteiger partial charge in [-0.25, -0.2) is 4.79 Å². The van der Waals surface area contributed by atoms with Gasteiger partial charge in [-0.3, -0.25) is 5.10 Å². The van der Waals surface area contributed by atoms with Crippen LogP contribution in [0.5, 0.6) is 5.75 Å². The molecule has 2 rings (SSSR count). The van der Waals surface area contributed by atoms with Crippen molar-refractivity contribution in [3.05, 3.63) is 36.0 Å². The van der Waals surface area contributed by atoms with Crippen LogP contribution >= 0.6 is 0 Å². The van der Waals surface area contributed by atoms with Crippen molar-refractivity contribution in [3.8, 4) is 17.0 Å². The molecule has 0 aliphatic rings. The van der Waals surface area contributed by atoms with E-state index in [-0.39, 0.29) is 11.4 Å². The molecule has 5 heteroatoms. The first-order valence-electron chi connectivity index (χ1n) is 4.64. The van der Waals surface area contributed by atoms with Crippen molar-refractivity contribution in [2.45, 2.75) is 0 Å². The number of hydrogen-bond acceptors (Lipinski definition) is 4. The summed E-state index contributed by atoms with van der Waals surface area (Å²) in [5.74, 6) is -0.375. The average Bonchev–Trinajstić information content (AvgIpc) is 2.78. The molecule has 0 saturated heterocycles. The standard InChI is InChI=1S/C11H10N2O3/c1-16-11(15)9-6-8(12-13-9)7-4-2-3-5-10(7)14/h2-6,14H,1H3,(H,12,13). The minimum atomic E-state index is -0.492. The van der Waals surface area contributed by atoms with E-state index in [1.54, 1.807) is 24.3 Å². The average molecular weight is 218 g/mol. The van der Waals surface area contributed by atoms with Gasteiger partial charge in [0.1, 0.15) is 11.4 Å². The predicted octanol–water partition coefficient (Wildman–Crippen LogP) is 1.57. The molecule has 0 radical (unpaired) electrons. The number of para-hydroxylation sites is 1. The van der Waals surface area contributed by atoms with Crippen LogP contribution < -0.4 is 0 Å². The van der Waals surface area contributed by atoms with E-state index < -0.39 is 5.97 Å². The highest BCUT2D eigenvalue weighted by Gasteiger charge is 2.12. The summed E-state index contributed by atoms with van der Waals surface area (Å²) in [7, 11) is 1.29. The van der Waals surface area contributed by atoms with E-state index in [0.717, 1.165) is 0 Å². The van der Waals surface area contributed by atoms with E-state index in [2.05, 4.69) is 14.9 Å². The summed E-state index contributed by atoms with van der Waals surface area (Å²) >= 11 is 0. The van der Waals surface area contributed by atoms with Crippen molar-refractivity contribution < 1.29 is 14.6 Å². The highest BCUT2D eigenvalue weighted by molar-refractivity contribution is 5.88. The molecule has 0 saturated carbocycles. The smallest absolute Gasteiger partial charge is 0.356 e. The number of nitrogens with one attached hydrogen (secondary N) is 1. The predicted molar refractivity (Wildman–Crippen MR) is 57.0 cm³/mol. The minimum absolute atomic E-state index is 0.116. The fourth-order valence-electron chi connectivity index (χ4n) is 1.36. The lowest BCUT2D eigenvalue weighted by atomic mass is 10.1. The summed E-state index contributed by atoms with van der Waals surface area (Å²) in [5, 5.41) is 16.1. The van der Waals surface area contributed by atoms with Crippen LogP contribution in [0.15, 0.2) is 30.3 Å². The van der Waals surface area contributed by atoms with Crippen LogP contribution in [-0.2, 0) is 4.74 Å². The zero-order chi connectivity index (χ0) is 11.5. The van der Waals surface area contributed by atoms with E-state index in [1.807, 2.05) is 0 Å². The Morgan fingerprint density at radius 2 is 2.19 bits per heavy atom. The van der Waals surface area contributed by atoms with Gasteiger partial charge in [0.15, 0.2) is 0 Å². The number of nitrogens with zero attached hydrogens (tertiary/aromatic N) is 1. The number of phenolic OH excluding ortho intramolecular Hbond substituents is 1. The van der Waals surface area contributed by atoms with Crippen LogP contribution in [0.4, 0.5) is 0 Å². The lowest BCUT2D eigenvalue weighted by molar-refractivity contribution is 0.0594. The molecular weight excluding hydrogens is 208 g/mol. The fraction of sp³-hybridized carbons (Fsp3) is 0.0909. The number of phenols is 1. The third-order valence-corrected chi connectivity index (χ3v) is 2.16. The highest BCUT2D eigenvalue weighted by Crippen LogP contribution is 2.27. The first kappa shape index (κ1) is 10.2. The van der Waals surface area contributed by atoms with Gasteiger partial charge < -0.3 is 9.84 Å². The maximum Gasteiger partial charge on any atom is 0.356 e. The van der Waals surface area contributed by atoms with Crippen molar-refractivity contribution in [3.63, 3.8) is 0 Å². The number of carbonyl (C=O) groups excluding carboxylic acids is 1. The monoisotopic (exact) mass is 218 g/mol. The van der Waals surface area contributed by atoms with Gasteiger partial charge in [0.2, 0.25) is 0 Å². The lowest BCUT2D eigenvalue weighted by Gasteiger charge is -1.98. The molecule has 82 valence electrons. The molecule has 0 amide bonds. The largest absolute Gasteiger partial charge is 0.507 e. The number of benzene rings is 1. The summed E-state index contributed by atoms with van der Waals surface area (Å²) in [4.78, 5) is 11.2. The zero-order valence-corrected chi connectivity index (χ0v) is 8.60. The molecule has 2 N–H and O–H groups in total. The lowest BCUT2D eigenvalue weighted by Crippen LogP contribution is -2.00. The number of carbonyl (C=O) groups is 1. The number of aromatic hydroxyl groups is 1. The Morgan fingerprint density at radius 1 is 1.44 bits per heavy atom. The van der Waals surface area contributed by atoms with E-state index in [4.69, 9.17) is 0 Å². The van der Waals surface area contributed by atoms with E-state index in [1.165, 1.54) is 13.2 Å². The molecule has 16 heavy (non-hydrogen) atoms. The van der Waals surface area contributed by atoms with Gasteiger partial charge in [0, 0.05) is 5.56 Å². The molecule has 0 fully saturated rings. The second-order valence-electron chi connectivity index (χ2n) is 3.18. The Bertz CT molecular complexity index is 519. The summed E-state index contributed by atoms with van der Waals surface area (Å²) in [6, 6.07) is 8.30. The maximum absolute atomic E-state index is 11.2. The van der Waals surface area contributed by atoms with Gasteiger partial charge in [-0.05, 0) is 18.2 Å². The molecule has 1 aromatic heterocycles. The van der Waals surface area contributed by atoms with Crippen molar-refractivity contribution in [2.75, 3.05) is 7.11 Å². The van der Waals surface area contributed by atoms with Gasteiger partial charge in [0.05, 0.1) is 12.8 Å². The second kappa shape index (κ2) is 4.06. The number of rotatable bonds is 2. The number of H-pyrrole nitrogens is 1. The Balaban J connectivity index is 2.39. The topological polar surface area (TPSA) is 75.2 Å². The Kier molecular flexibility index (Phi) is 2.59. The molecule has 0 spiro atoms. The van der Waals surface area contributed by atoms with Crippen molar-refractivity contribution in [1.29, 1.82) is 0 Å². The Labute approximate surface area is 91.7 Å². The molecule has 1 aromatic carbocycles. The van der Waals surface area contributed by atoms with E-state index in [9.17, 15) is 9.90 Å². The third-order valence-electron chi connectivity index (χ3n) is 2.16. The minimum Gasteiger partial charge on any atom is -0.507 e. The zero-order valence-electron chi connectivity index (χ0n) is 8.60. The van der Waals surface area contributed by atoms with Crippen LogP contribution in [0.25, 0.3) is 11.3 Å². The highest BCUT2D eigenvalue weighted by atomic mass is 16.5. The number of aromatic nitrogens is 2. The first-order valence-corrected chi connectivity index (χ1v) is 4.64. The van der Waals surface area contributed by atoms with Crippen LogP contribution in [0.1, 0.15) is 10.5 Å². The number of methoxy groups -OCH3 is 1. The van der Waals surface area contributed by atoms with Gasteiger partial charge in [-0.1, -0.05) is 12.1 Å². The van der Waals surface area contributed by atoms with Crippen LogP contribution in [-0.4, -0.2) is 28.4 Å². The Hall–Kier alpha value is -2.30. The number of hydrogen-bond donors (Lipinski definition) is 2. The molecule has 0 aliphatic carbocycles. The van der Waals surface area contributed by atoms with Gasteiger partial charge in [-0.15, -0.1) is 0 Å². The third kappa shape index (κ3) is 1.75. The van der Waals surface area contributed by atoms with E-state index >= 15 is 0 Å². The summed E-state index contributed by atoms with van der Waals surface area (Å²) in [6.45, 7) is 0. The van der Waals surface area contributed by atoms with Gasteiger partial charge in [0.25, 0.3) is 0 Å². The molecule has 0 atom stereocenters. The first-order chi connectivity index (χ1) is 7.72. The molecular formula is C11H10N2O3. The molecule has 2 aromatic rings. The number of esters is 1. The number of ether oxygens (including phenoxy) is 1. The SMILES string of the molecule is COC(=O)c1cc(-c2ccccc2O)n[nH]1. The normalized spacial score (nSPS) is 10.1. The molecule has 0 aliphatic heterocycles. The summed E-state index contributed by atoms with van der Waals surface area (Å²) in [5.41, 5.74) is 1.31. The van der Waals surface area contributed by atoms with Crippen LogP contribution in [0.2, 0.25) is 0 Å². The molecule has 1 heterocycles. The fourth-order valence-corrected chi connectivity index (χ4v) is 1.36. The van der Waals surface area contributed by atoms with Crippen molar-refractivity contribution in [2.24, 2.45) is 0 Å². The Morgan fingerprint density at radius 3 is 2.88 bits per heavy atom. The molecule has 0 bridgehead atoms. The van der Waals surface area contributed by atoms with Gasteiger partial charge >= 0.3 is 5.97 Å². The van der Waals surface area contributed by atoms with E-state index in [0.29, 0.717) is 11.3 Å². The summed E-state index contributed by atoms with van der Waals surface area (Å²) < 4.78 is 4.54. The summed E-state index contributed by atoms with van der Waals surface area (Å²) in [6.07, 6.45) is 0.